The Balaban J connectivity index is 1.29. The second kappa shape index (κ2) is 11.8. The molecule has 5 aromatic rings. The van der Waals surface area contributed by atoms with Gasteiger partial charge in [-0.05, 0) is 60.0 Å². The molecule has 10 heteroatoms. The van der Waals surface area contributed by atoms with Crippen molar-refractivity contribution in [3.05, 3.63) is 128 Å². The Kier molecular flexibility index (Phi) is 8.05. The van der Waals surface area contributed by atoms with E-state index in [4.69, 9.17) is 32.9 Å². The molecule has 0 amide bonds. The van der Waals surface area contributed by atoms with Crippen LogP contribution in [0.1, 0.15) is 28.7 Å². The van der Waals surface area contributed by atoms with Gasteiger partial charge in [0.15, 0.2) is 0 Å². The SMILES string of the molecule is CCn1cc(-c2ccc(Cl)cc2Cl)nc1Cc1ccc(-c2ccc(Oc3ccc([N+](=O)[O-])c(C(=O)O)c3)cc2)cc1. The van der Waals surface area contributed by atoms with E-state index in [1.165, 1.54) is 6.07 Å². The summed E-state index contributed by atoms with van der Waals surface area (Å²) in [4.78, 5) is 26.6. The number of hydrogen-bond donors (Lipinski definition) is 1. The van der Waals surface area contributed by atoms with E-state index in [2.05, 4.69) is 23.6 Å². The first-order valence-corrected chi connectivity index (χ1v) is 13.4. The van der Waals surface area contributed by atoms with E-state index in [1.54, 1.807) is 24.3 Å². The molecule has 41 heavy (non-hydrogen) atoms. The minimum Gasteiger partial charge on any atom is -0.477 e. The molecule has 0 saturated heterocycles. The molecule has 0 spiro atoms. The van der Waals surface area contributed by atoms with Crippen molar-refractivity contribution in [2.75, 3.05) is 0 Å². The maximum absolute atomic E-state index is 11.4. The first-order chi connectivity index (χ1) is 19.7. The number of aromatic nitrogens is 2. The molecule has 0 aliphatic carbocycles. The molecule has 5 rings (SSSR count). The molecule has 1 heterocycles. The van der Waals surface area contributed by atoms with Gasteiger partial charge in [0.2, 0.25) is 0 Å². The number of hydrogen-bond acceptors (Lipinski definition) is 5. The first-order valence-electron chi connectivity index (χ1n) is 12.6. The number of imidazole rings is 1. The molecule has 0 atom stereocenters. The molecular weight excluding hydrogens is 565 g/mol. The standard InChI is InChI=1S/C31H23Cl2N3O5/c1-2-35-18-28(25-13-9-22(32)16-27(25)33)34-30(35)15-19-3-5-20(6-4-19)21-7-10-23(11-8-21)41-24-12-14-29(36(39)40)26(17-24)31(37)38/h3-14,16-18H,2,15H2,1H3,(H,37,38). The largest absolute Gasteiger partial charge is 0.477 e. The molecule has 8 nitrogen and oxygen atoms in total. The minimum atomic E-state index is -1.40. The van der Waals surface area contributed by atoms with Gasteiger partial charge in [-0.25, -0.2) is 9.78 Å². The van der Waals surface area contributed by atoms with E-state index < -0.39 is 22.1 Å². The molecule has 0 aliphatic heterocycles. The highest BCUT2D eigenvalue weighted by Crippen LogP contribution is 2.32. The molecule has 0 radical (unpaired) electrons. The monoisotopic (exact) mass is 587 g/mol. The fraction of sp³-hybridized carbons (Fsp3) is 0.0968. The second-order valence-electron chi connectivity index (χ2n) is 9.19. The second-order valence-corrected chi connectivity index (χ2v) is 10.0. The van der Waals surface area contributed by atoms with Crippen LogP contribution in [0.4, 0.5) is 5.69 Å². The number of aryl methyl sites for hydroxylation is 1. The summed E-state index contributed by atoms with van der Waals surface area (Å²) < 4.78 is 7.85. The van der Waals surface area contributed by atoms with Crippen molar-refractivity contribution in [2.24, 2.45) is 0 Å². The zero-order valence-corrected chi connectivity index (χ0v) is 23.3. The third kappa shape index (κ3) is 6.24. The molecule has 0 aliphatic rings. The van der Waals surface area contributed by atoms with Gasteiger partial charge in [-0.2, -0.15) is 0 Å². The topological polar surface area (TPSA) is 107 Å². The molecule has 206 valence electrons. The van der Waals surface area contributed by atoms with Gasteiger partial charge in [0.1, 0.15) is 22.9 Å². The number of nitro benzene ring substituents is 1. The van der Waals surface area contributed by atoms with E-state index >= 15 is 0 Å². The highest BCUT2D eigenvalue weighted by atomic mass is 35.5. The predicted molar refractivity (Wildman–Crippen MR) is 158 cm³/mol. The van der Waals surface area contributed by atoms with Crippen LogP contribution >= 0.6 is 23.2 Å². The molecule has 0 bridgehead atoms. The Morgan fingerprint density at radius 2 is 1.61 bits per heavy atom. The third-order valence-corrected chi connectivity index (χ3v) is 7.09. The average molecular weight is 588 g/mol. The van der Waals surface area contributed by atoms with Crippen molar-refractivity contribution in [2.45, 2.75) is 19.9 Å². The Morgan fingerprint density at radius 1 is 0.951 bits per heavy atom. The Labute approximate surface area is 245 Å². The molecular formula is C31H23Cl2N3O5. The van der Waals surface area contributed by atoms with Crippen LogP contribution < -0.4 is 4.74 Å². The van der Waals surface area contributed by atoms with Gasteiger partial charge in [0.25, 0.3) is 5.69 Å². The summed E-state index contributed by atoms with van der Waals surface area (Å²) in [5, 5.41) is 21.5. The van der Waals surface area contributed by atoms with Gasteiger partial charge in [-0.1, -0.05) is 59.6 Å². The van der Waals surface area contributed by atoms with Crippen LogP contribution in [0.25, 0.3) is 22.4 Å². The minimum absolute atomic E-state index is 0.192. The zero-order valence-electron chi connectivity index (χ0n) is 21.8. The molecule has 1 N–H and O–H groups in total. The van der Waals surface area contributed by atoms with Crippen LogP contribution in [-0.2, 0) is 13.0 Å². The predicted octanol–water partition coefficient (Wildman–Crippen LogP) is 8.53. The maximum atomic E-state index is 11.4. The van der Waals surface area contributed by atoms with Gasteiger partial charge in [-0.15, -0.1) is 0 Å². The molecule has 1 aromatic heterocycles. The number of ether oxygens (including phenoxy) is 1. The van der Waals surface area contributed by atoms with Gasteiger partial charge in [-0.3, -0.25) is 10.1 Å². The summed E-state index contributed by atoms with van der Waals surface area (Å²) in [6.45, 7) is 2.85. The summed E-state index contributed by atoms with van der Waals surface area (Å²) in [7, 11) is 0. The molecule has 0 unspecified atom stereocenters. The van der Waals surface area contributed by atoms with E-state index in [1.807, 2.05) is 36.5 Å². The van der Waals surface area contributed by atoms with Gasteiger partial charge in [0.05, 0.1) is 15.6 Å². The molecule has 0 fully saturated rings. The van der Waals surface area contributed by atoms with Gasteiger partial charge >= 0.3 is 5.97 Å². The maximum Gasteiger partial charge on any atom is 0.342 e. The fourth-order valence-corrected chi connectivity index (χ4v) is 4.96. The number of aromatic carboxylic acids is 1. The molecule has 0 saturated carbocycles. The normalized spacial score (nSPS) is 10.9. The number of carboxylic acid groups (broad SMARTS) is 1. The van der Waals surface area contributed by atoms with Gasteiger partial charge in [0, 0.05) is 41.9 Å². The number of benzene rings is 4. The van der Waals surface area contributed by atoms with Crippen LogP contribution in [0.15, 0.2) is 91.1 Å². The van der Waals surface area contributed by atoms with E-state index in [0.717, 1.165) is 52.4 Å². The van der Waals surface area contributed by atoms with E-state index in [-0.39, 0.29) is 5.75 Å². The number of halogens is 2. The van der Waals surface area contributed by atoms with E-state index in [9.17, 15) is 20.0 Å². The highest BCUT2D eigenvalue weighted by molar-refractivity contribution is 6.36. The van der Waals surface area contributed by atoms with Crippen molar-refractivity contribution in [3.63, 3.8) is 0 Å². The van der Waals surface area contributed by atoms with Crippen molar-refractivity contribution in [1.82, 2.24) is 9.55 Å². The lowest BCUT2D eigenvalue weighted by molar-refractivity contribution is -0.385. The summed E-state index contributed by atoms with van der Waals surface area (Å²) in [5.41, 5.74) is 3.79. The Morgan fingerprint density at radius 3 is 2.22 bits per heavy atom. The summed E-state index contributed by atoms with van der Waals surface area (Å²) >= 11 is 12.5. The van der Waals surface area contributed by atoms with Crippen molar-refractivity contribution < 1.29 is 19.6 Å². The Hall–Kier alpha value is -4.66. The van der Waals surface area contributed by atoms with E-state index in [0.29, 0.717) is 22.2 Å². The number of nitro groups is 1. The number of nitrogens with zero attached hydrogens (tertiary/aromatic N) is 3. The van der Waals surface area contributed by atoms with Gasteiger partial charge < -0.3 is 14.4 Å². The summed E-state index contributed by atoms with van der Waals surface area (Å²) in [6.07, 6.45) is 2.65. The number of rotatable bonds is 9. The van der Waals surface area contributed by atoms with Crippen LogP contribution in [-0.4, -0.2) is 25.6 Å². The lowest BCUT2D eigenvalue weighted by atomic mass is 10.0. The lowest BCUT2D eigenvalue weighted by Gasteiger charge is -2.09. The van der Waals surface area contributed by atoms with Crippen molar-refractivity contribution in [1.29, 1.82) is 0 Å². The van der Waals surface area contributed by atoms with Crippen LogP contribution in [0, 0.1) is 10.1 Å². The fourth-order valence-electron chi connectivity index (χ4n) is 4.45. The third-order valence-electron chi connectivity index (χ3n) is 6.54. The van der Waals surface area contributed by atoms with Crippen molar-refractivity contribution in [3.8, 4) is 33.9 Å². The summed E-state index contributed by atoms with van der Waals surface area (Å²) in [6, 6.07) is 24.5. The number of carbonyl (C=O) groups is 1. The highest BCUT2D eigenvalue weighted by Gasteiger charge is 2.20. The Bertz CT molecular complexity index is 1750. The van der Waals surface area contributed by atoms with Crippen LogP contribution in [0.5, 0.6) is 11.5 Å². The quantitative estimate of drug-likeness (QED) is 0.137. The first kappa shape index (κ1) is 27.9. The smallest absolute Gasteiger partial charge is 0.342 e. The molecule has 4 aromatic carbocycles. The number of carboxylic acids is 1. The van der Waals surface area contributed by atoms with Crippen molar-refractivity contribution >= 4 is 34.9 Å². The van der Waals surface area contributed by atoms with Crippen LogP contribution in [0.3, 0.4) is 0 Å². The average Bonchev–Trinajstić information content (AvgIpc) is 3.36. The van der Waals surface area contributed by atoms with Crippen LogP contribution in [0.2, 0.25) is 10.0 Å². The lowest BCUT2D eigenvalue weighted by Crippen LogP contribution is -2.02. The zero-order chi connectivity index (χ0) is 29.1. The summed E-state index contributed by atoms with van der Waals surface area (Å²) in [5.74, 6) is 0.196.